The molecule has 0 spiro atoms. The number of piperidine rings is 1. The van der Waals surface area contributed by atoms with Crippen molar-refractivity contribution in [2.45, 2.75) is 51.0 Å². The first-order valence-electron chi connectivity index (χ1n) is 8.93. The van der Waals surface area contributed by atoms with Gasteiger partial charge in [-0.15, -0.1) is 0 Å². The van der Waals surface area contributed by atoms with Crippen LogP contribution in [0.25, 0.3) is 0 Å². The summed E-state index contributed by atoms with van der Waals surface area (Å²) in [5, 5.41) is 6.60. The van der Waals surface area contributed by atoms with E-state index < -0.39 is 0 Å². The van der Waals surface area contributed by atoms with E-state index in [9.17, 15) is 4.79 Å². The molecule has 1 aliphatic carbocycles. The highest BCUT2D eigenvalue weighted by atomic mass is 35.5. The SMILES string of the molecule is CNc1nc(Cl)cc(N2CCC[C@H](C(=O)NC3CCCCC3)C2)n1. The molecule has 0 radical (unpaired) electrons. The van der Waals surface area contributed by atoms with Crippen molar-refractivity contribution in [3.63, 3.8) is 0 Å². The van der Waals surface area contributed by atoms with Gasteiger partial charge in [-0.25, -0.2) is 4.98 Å². The van der Waals surface area contributed by atoms with Gasteiger partial charge in [0.05, 0.1) is 5.92 Å². The van der Waals surface area contributed by atoms with E-state index in [4.69, 9.17) is 11.6 Å². The van der Waals surface area contributed by atoms with Crippen LogP contribution in [0, 0.1) is 5.92 Å². The molecule has 1 aliphatic heterocycles. The molecule has 1 saturated heterocycles. The maximum absolute atomic E-state index is 12.6. The molecule has 1 aromatic rings. The largest absolute Gasteiger partial charge is 0.357 e. The number of hydrogen-bond donors (Lipinski definition) is 2. The Kier molecular flexibility index (Phi) is 5.76. The maximum Gasteiger partial charge on any atom is 0.225 e. The molecule has 24 heavy (non-hydrogen) atoms. The van der Waals surface area contributed by atoms with E-state index in [1.165, 1.54) is 19.3 Å². The van der Waals surface area contributed by atoms with Crippen molar-refractivity contribution in [3.05, 3.63) is 11.2 Å². The highest BCUT2D eigenvalue weighted by molar-refractivity contribution is 6.29. The third-order valence-corrected chi connectivity index (χ3v) is 5.17. The van der Waals surface area contributed by atoms with Crippen molar-refractivity contribution in [2.24, 2.45) is 5.92 Å². The molecule has 2 aliphatic rings. The monoisotopic (exact) mass is 351 g/mol. The van der Waals surface area contributed by atoms with Gasteiger partial charge in [0, 0.05) is 32.2 Å². The Morgan fingerprint density at radius 3 is 2.75 bits per heavy atom. The topological polar surface area (TPSA) is 70.2 Å². The number of halogens is 1. The molecule has 1 atom stereocenters. The standard InChI is InChI=1S/C17H26ClN5O/c1-19-17-21-14(18)10-15(22-17)23-9-5-6-12(11-23)16(24)20-13-7-3-2-4-8-13/h10,12-13H,2-9,11H2,1H3,(H,20,24)(H,19,21,22)/t12-/m0/s1. The Morgan fingerprint density at radius 1 is 1.21 bits per heavy atom. The Bertz CT molecular complexity index is 576. The zero-order valence-corrected chi connectivity index (χ0v) is 15.0. The first-order valence-corrected chi connectivity index (χ1v) is 9.31. The third kappa shape index (κ3) is 4.29. The Balaban J connectivity index is 1.63. The second-order valence-corrected chi connectivity index (χ2v) is 7.14. The van der Waals surface area contributed by atoms with E-state index in [1.54, 1.807) is 13.1 Å². The number of carbonyl (C=O) groups excluding carboxylic acids is 1. The molecule has 3 rings (SSSR count). The molecule has 0 unspecified atom stereocenters. The number of anilines is 2. The molecule has 2 fully saturated rings. The van der Waals surface area contributed by atoms with Gasteiger partial charge in [-0.05, 0) is 25.7 Å². The molecule has 6 nitrogen and oxygen atoms in total. The summed E-state index contributed by atoms with van der Waals surface area (Å²) in [4.78, 5) is 23.4. The number of carbonyl (C=O) groups is 1. The maximum atomic E-state index is 12.6. The number of nitrogens with one attached hydrogen (secondary N) is 2. The first-order chi connectivity index (χ1) is 11.7. The quantitative estimate of drug-likeness (QED) is 0.816. The molecule has 7 heteroatoms. The summed E-state index contributed by atoms with van der Waals surface area (Å²) < 4.78 is 0. The summed E-state index contributed by atoms with van der Waals surface area (Å²) >= 11 is 6.08. The van der Waals surface area contributed by atoms with E-state index in [0.717, 1.165) is 38.0 Å². The van der Waals surface area contributed by atoms with Gasteiger partial charge >= 0.3 is 0 Å². The molecule has 0 bridgehead atoms. The van der Waals surface area contributed by atoms with Crippen LogP contribution in [-0.2, 0) is 4.79 Å². The lowest BCUT2D eigenvalue weighted by Crippen LogP contribution is -2.46. The highest BCUT2D eigenvalue weighted by Crippen LogP contribution is 2.25. The van der Waals surface area contributed by atoms with Crippen LogP contribution in [-0.4, -0.2) is 42.1 Å². The van der Waals surface area contributed by atoms with E-state index in [2.05, 4.69) is 25.5 Å². The summed E-state index contributed by atoms with van der Waals surface area (Å²) in [6.07, 6.45) is 7.92. The minimum absolute atomic E-state index is 0.0208. The van der Waals surface area contributed by atoms with Crippen LogP contribution >= 0.6 is 11.6 Å². The van der Waals surface area contributed by atoms with Gasteiger partial charge in [-0.2, -0.15) is 4.98 Å². The van der Waals surface area contributed by atoms with Gasteiger partial charge in [0.2, 0.25) is 11.9 Å². The summed E-state index contributed by atoms with van der Waals surface area (Å²) in [5.41, 5.74) is 0. The van der Waals surface area contributed by atoms with E-state index >= 15 is 0 Å². The lowest BCUT2D eigenvalue weighted by Gasteiger charge is -2.34. The van der Waals surface area contributed by atoms with E-state index in [0.29, 0.717) is 23.7 Å². The lowest BCUT2D eigenvalue weighted by atomic mass is 9.93. The minimum atomic E-state index is 0.0208. The average molecular weight is 352 g/mol. The molecule has 1 amide bonds. The summed E-state index contributed by atoms with van der Waals surface area (Å²) in [5.74, 6) is 1.51. The number of amides is 1. The van der Waals surface area contributed by atoms with Crippen LogP contribution < -0.4 is 15.5 Å². The molecule has 1 aromatic heterocycles. The normalized spacial score (nSPS) is 22.2. The predicted molar refractivity (Wildman–Crippen MR) is 96.5 cm³/mol. The van der Waals surface area contributed by atoms with E-state index in [-0.39, 0.29) is 11.8 Å². The van der Waals surface area contributed by atoms with Gasteiger partial charge in [0.1, 0.15) is 11.0 Å². The van der Waals surface area contributed by atoms with E-state index in [1.807, 2.05) is 0 Å². The molecule has 0 aromatic carbocycles. The Morgan fingerprint density at radius 2 is 2.00 bits per heavy atom. The Labute approximate surface area is 148 Å². The summed E-state index contributed by atoms with van der Waals surface area (Å²) in [7, 11) is 1.77. The van der Waals surface area contributed by atoms with Gasteiger partial charge in [0.15, 0.2) is 0 Å². The van der Waals surface area contributed by atoms with Crippen molar-refractivity contribution < 1.29 is 4.79 Å². The molecule has 2 N–H and O–H groups in total. The van der Waals surface area contributed by atoms with Crippen LogP contribution in [0.3, 0.4) is 0 Å². The van der Waals surface area contributed by atoms with Crippen molar-refractivity contribution in [2.75, 3.05) is 30.4 Å². The van der Waals surface area contributed by atoms with Crippen LogP contribution in [0.1, 0.15) is 44.9 Å². The lowest BCUT2D eigenvalue weighted by molar-refractivity contribution is -0.126. The number of nitrogens with zero attached hydrogens (tertiary/aromatic N) is 3. The van der Waals surface area contributed by atoms with Crippen molar-refractivity contribution in [1.29, 1.82) is 0 Å². The number of aromatic nitrogens is 2. The van der Waals surface area contributed by atoms with Crippen molar-refractivity contribution in [1.82, 2.24) is 15.3 Å². The fraction of sp³-hybridized carbons (Fsp3) is 0.706. The fourth-order valence-corrected chi connectivity index (χ4v) is 3.82. The van der Waals surface area contributed by atoms with Crippen LogP contribution in [0.4, 0.5) is 11.8 Å². The zero-order valence-electron chi connectivity index (χ0n) is 14.2. The molecular weight excluding hydrogens is 326 g/mol. The highest BCUT2D eigenvalue weighted by Gasteiger charge is 2.28. The Hall–Kier alpha value is -1.56. The van der Waals surface area contributed by atoms with Gasteiger partial charge in [0.25, 0.3) is 0 Å². The first kappa shape index (κ1) is 17.3. The van der Waals surface area contributed by atoms with Crippen LogP contribution in [0.2, 0.25) is 5.15 Å². The smallest absolute Gasteiger partial charge is 0.225 e. The average Bonchev–Trinajstić information content (AvgIpc) is 2.62. The second-order valence-electron chi connectivity index (χ2n) is 6.75. The molecule has 132 valence electrons. The summed E-state index contributed by atoms with van der Waals surface area (Å²) in [6.45, 7) is 1.58. The van der Waals surface area contributed by atoms with Crippen molar-refractivity contribution >= 4 is 29.3 Å². The molecule has 2 heterocycles. The van der Waals surface area contributed by atoms with Gasteiger partial charge in [-0.1, -0.05) is 30.9 Å². The minimum Gasteiger partial charge on any atom is -0.357 e. The third-order valence-electron chi connectivity index (χ3n) is 4.97. The fourth-order valence-electron chi connectivity index (χ4n) is 3.64. The van der Waals surface area contributed by atoms with Crippen molar-refractivity contribution in [3.8, 4) is 0 Å². The summed E-state index contributed by atoms with van der Waals surface area (Å²) in [6, 6.07) is 2.13. The second kappa shape index (κ2) is 8.01. The number of rotatable bonds is 4. The predicted octanol–water partition coefficient (Wildman–Crippen LogP) is 2.84. The van der Waals surface area contributed by atoms with Crippen LogP contribution in [0.15, 0.2) is 6.07 Å². The van der Waals surface area contributed by atoms with Gasteiger partial charge in [-0.3, -0.25) is 4.79 Å². The zero-order chi connectivity index (χ0) is 16.9. The van der Waals surface area contributed by atoms with Gasteiger partial charge < -0.3 is 15.5 Å². The van der Waals surface area contributed by atoms with Crippen LogP contribution in [0.5, 0.6) is 0 Å². The number of hydrogen-bond acceptors (Lipinski definition) is 5. The molecule has 1 saturated carbocycles. The molecular formula is C17H26ClN5O.